The van der Waals surface area contributed by atoms with E-state index in [4.69, 9.17) is 5.73 Å². The monoisotopic (exact) mass is 243 g/mol. The third kappa shape index (κ3) is 4.15. The van der Waals surface area contributed by atoms with Crippen molar-refractivity contribution >= 4 is 0 Å². The maximum Gasteiger partial charge on any atom is 0.0109 e. The SMILES string of the molecule is CC1=C(/C=C/C(C)=C/C=C/CN)C(C)(C)CC=C1. The minimum atomic E-state index is 0.239. The lowest BCUT2D eigenvalue weighted by Crippen LogP contribution is -2.16. The molecule has 1 aliphatic carbocycles. The highest BCUT2D eigenvalue weighted by molar-refractivity contribution is 5.41. The second-order valence-electron chi connectivity index (χ2n) is 5.49. The maximum atomic E-state index is 5.41. The topological polar surface area (TPSA) is 26.0 Å². The Balaban J connectivity index is 2.86. The first kappa shape index (κ1) is 14.7. The number of allylic oxidation sites excluding steroid dienone is 9. The molecule has 0 aliphatic heterocycles. The molecule has 98 valence electrons. The molecule has 1 aliphatic rings. The van der Waals surface area contributed by atoms with Gasteiger partial charge in [-0.3, -0.25) is 0 Å². The minimum Gasteiger partial charge on any atom is -0.327 e. The first-order valence-electron chi connectivity index (χ1n) is 6.57. The van der Waals surface area contributed by atoms with Gasteiger partial charge in [-0.05, 0) is 36.8 Å². The highest BCUT2D eigenvalue weighted by atomic mass is 14.5. The average molecular weight is 243 g/mol. The van der Waals surface area contributed by atoms with Crippen molar-refractivity contribution in [2.75, 3.05) is 6.54 Å². The smallest absolute Gasteiger partial charge is 0.0109 e. The number of hydrogen-bond acceptors (Lipinski definition) is 1. The Kier molecular flexibility index (Phi) is 5.36. The number of hydrogen-bond donors (Lipinski definition) is 1. The van der Waals surface area contributed by atoms with Crippen LogP contribution >= 0.6 is 0 Å². The number of nitrogens with two attached hydrogens (primary N) is 1. The molecule has 0 aromatic carbocycles. The molecule has 0 radical (unpaired) electrons. The summed E-state index contributed by atoms with van der Waals surface area (Å²) in [6, 6.07) is 0. The molecule has 0 aromatic heterocycles. The molecule has 0 saturated carbocycles. The van der Waals surface area contributed by atoms with E-state index in [1.165, 1.54) is 16.7 Å². The van der Waals surface area contributed by atoms with Crippen LogP contribution in [0.4, 0.5) is 0 Å². The quantitative estimate of drug-likeness (QED) is 0.732. The van der Waals surface area contributed by atoms with Gasteiger partial charge in [0.05, 0.1) is 0 Å². The molecule has 0 heterocycles. The Hall–Kier alpha value is -1.34. The van der Waals surface area contributed by atoms with Crippen molar-refractivity contribution in [3.05, 3.63) is 59.3 Å². The van der Waals surface area contributed by atoms with Crippen LogP contribution in [0.3, 0.4) is 0 Å². The fourth-order valence-electron chi connectivity index (χ4n) is 2.19. The van der Waals surface area contributed by atoms with Crippen LogP contribution < -0.4 is 5.73 Å². The lowest BCUT2D eigenvalue weighted by atomic mass is 9.75. The van der Waals surface area contributed by atoms with E-state index in [2.05, 4.69) is 58.1 Å². The van der Waals surface area contributed by atoms with Crippen molar-refractivity contribution in [3.63, 3.8) is 0 Å². The molecule has 0 amide bonds. The zero-order valence-electron chi connectivity index (χ0n) is 12.0. The van der Waals surface area contributed by atoms with Crippen molar-refractivity contribution in [1.29, 1.82) is 0 Å². The van der Waals surface area contributed by atoms with Crippen LogP contribution in [0.15, 0.2) is 59.3 Å². The minimum absolute atomic E-state index is 0.239. The summed E-state index contributed by atoms with van der Waals surface area (Å²) in [4.78, 5) is 0. The standard InChI is InChI=1S/C17H25N/c1-14(8-5-6-13-18)10-11-16-15(2)9-7-12-17(16,3)4/h5-11H,12-13,18H2,1-4H3/b6-5+,11-10+,14-8+. The van der Waals surface area contributed by atoms with E-state index in [0.29, 0.717) is 6.54 Å². The average Bonchev–Trinajstić information content (AvgIpc) is 2.28. The summed E-state index contributed by atoms with van der Waals surface area (Å²) in [5.74, 6) is 0. The first-order chi connectivity index (χ1) is 8.47. The van der Waals surface area contributed by atoms with Gasteiger partial charge in [0.15, 0.2) is 0 Å². The fraction of sp³-hybridized carbons (Fsp3) is 0.412. The van der Waals surface area contributed by atoms with Crippen LogP contribution in [0.1, 0.15) is 34.1 Å². The molecule has 0 spiro atoms. The lowest BCUT2D eigenvalue weighted by Gasteiger charge is -2.29. The van der Waals surface area contributed by atoms with Crippen molar-refractivity contribution in [1.82, 2.24) is 0 Å². The van der Waals surface area contributed by atoms with E-state index >= 15 is 0 Å². The molecule has 1 heteroatoms. The van der Waals surface area contributed by atoms with Gasteiger partial charge in [0.25, 0.3) is 0 Å². The van der Waals surface area contributed by atoms with Crippen molar-refractivity contribution in [2.45, 2.75) is 34.1 Å². The van der Waals surface area contributed by atoms with E-state index in [-0.39, 0.29) is 5.41 Å². The van der Waals surface area contributed by atoms with Gasteiger partial charge < -0.3 is 5.73 Å². The van der Waals surface area contributed by atoms with Crippen molar-refractivity contribution in [2.24, 2.45) is 11.1 Å². The summed E-state index contributed by atoms with van der Waals surface area (Å²) in [5, 5.41) is 0. The summed E-state index contributed by atoms with van der Waals surface area (Å²) in [6.07, 6.45) is 16.1. The summed E-state index contributed by atoms with van der Waals surface area (Å²) in [7, 11) is 0. The van der Waals surface area contributed by atoms with Crippen LogP contribution in [-0.2, 0) is 0 Å². The molecule has 0 aromatic rings. The molecule has 0 unspecified atom stereocenters. The van der Waals surface area contributed by atoms with Crippen molar-refractivity contribution in [3.8, 4) is 0 Å². The normalized spacial score (nSPS) is 20.4. The largest absolute Gasteiger partial charge is 0.327 e. The van der Waals surface area contributed by atoms with E-state index in [9.17, 15) is 0 Å². The molecule has 0 atom stereocenters. The Morgan fingerprint density at radius 2 is 2.17 bits per heavy atom. The predicted octanol–water partition coefficient (Wildman–Crippen LogP) is 4.31. The molecule has 1 rings (SSSR count). The molecular formula is C17H25N. The van der Waals surface area contributed by atoms with Crippen LogP contribution in [0.25, 0.3) is 0 Å². The predicted molar refractivity (Wildman–Crippen MR) is 81.3 cm³/mol. The van der Waals surface area contributed by atoms with E-state index in [1.54, 1.807) is 0 Å². The Labute approximate surface area is 111 Å². The number of rotatable bonds is 4. The van der Waals surface area contributed by atoms with Crippen LogP contribution in [0.5, 0.6) is 0 Å². The van der Waals surface area contributed by atoms with Gasteiger partial charge in [-0.25, -0.2) is 0 Å². The van der Waals surface area contributed by atoms with Gasteiger partial charge in [0.1, 0.15) is 0 Å². The lowest BCUT2D eigenvalue weighted by molar-refractivity contribution is 0.456. The van der Waals surface area contributed by atoms with Crippen LogP contribution in [-0.4, -0.2) is 6.54 Å². The second kappa shape index (κ2) is 6.55. The third-order valence-electron chi connectivity index (χ3n) is 3.29. The maximum absolute atomic E-state index is 5.41. The zero-order valence-corrected chi connectivity index (χ0v) is 12.0. The fourth-order valence-corrected chi connectivity index (χ4v) is 2.19. The Morgan fingerprint density at radius 1 is 1.44 bits per heavy atom. The molecule has 0 saturated heterocycles. The molecule has 18 heavy (non-hydrogen) atoms. The highest BCUT2D eigenvalue weighted by Gasteiger charge is 2.23. The summed E-state index contributed by atoms with van der Waals surface area (Å²) < 4.78 is 0. The summed E-state index contributed by atoms with van der Waals surface area (Å²) >= 11 is 0. The van der Waals surface area contributed by atoms with Crippen molar-refractivity contribution < 1.29 is 0 Å². The highest BCUT2D eigenvalue weighted by Crippen LogP contribution is 2.37. The Bertz CT molecular complexity index is 429. The molecule has 0 bridgehead atoms. The molecular weight excluding hydrogens is 218 g/mol. The first-order valence-corrected chi connectivity index (χ1v) is 6.57. The summed E-state index contributed by atoms with van der Waals surface area (Å²) in [6.45, 7) is 9.49. The van der Waals surface area contributed by atoms with Gasteiger partial charge >= 0.3 is 0 Å². The van der Waals surface area contributed by atoms with Gasteiger partial charge in [-0.15, -0.1) is 0 Å². The van der Waals surface area contributed by atoms with E-state index in [1.807, 2.05) is 12.2 Å². The van der Waals surface area contributed by atoms with Gasteiger partial charge in [0.2, 0.25) is 0 Å². The summed E-state index contributed by atoms with van der Waals surface area (Å²) in [5.41, 5.74) is 9.69. The third-order valence-corrected chi connectivity index (χ3v) is 3.29. The van der Waals surface area contributed by atoms with E-state index < -0.39 is 0 Å². The zero-order chi connectivity index (χ0) is 13.6. The second-order valence-corrected chi connectivity index (χ2v) is 5.49. The van der Waals surface area contributed by atoms with Crippen LogP contribution in [0.2, 0.25) is 0 Å². The molecule has 2 N–H and O–H groups in total. The Morgan fingerprint density at radius 3 is 2.78 bits per heavy atom. The van der Waals surface area contributed by atoms with Gasteiger partial charge in [-0.2, -0.15) is 0 Å². The molecule has 0 fully saturated rings. The van der Waals surface area contributed by atoms with Crippen LogP contribution in [0, 0.1) is 5.41 Å². The van der Waals surface area contributed by atoms with Gasteiger partial charge in [0, 0.05) is 6.54 Å². The van der Waals surface area contributed by atoms with E-state index in [0.717, 1.165) is 6.42 Å². The molecule has 1 nitrogen and oxygen atoms in total. The van der Waals surface area contributed by atoms with Gasteiger partial charge in [-0.1, -0.05) is 62.0 Å².